The van der Waals surface area contributed by atoms with Crippen molar-refractivity contribution in [1.82, 2.24) is 19.7 Å². The molecule has 3 rings (SSSR count). The van der Waals surface area contributed by atoms with Gasteiger partial charge in [0.25, 0.3) is 0 Å². The summed E-state index contributed by atoms with van der Waals surface area (Å²) in [6.45, 7) is 7.85. The predicted molar refractivity (Wildman–Crippen MR) is 78.8 cm³/mol. The van der Waals surface area contributed by atoms with Gasteiger partial charge in [-0.05, 0) is 19.1 Å². The second-order valence-electron chi connectivity index (χ2n) is 5.72. The second-order valence-corrected chi connectivity index (χ2v) is 5.72. The summed E-state index contributed by atoms with van der Waals surface area (Å²) >= 11 is 0. The molecule has 2 aromatic heterocycles. The molecule has 0 amide bonds. The van der Waals surface area contributed by atoms with E-state index in [0.29, 0.717) is 18.0 Å². The number of aromatic nitrogens is 4. The summed E-state index contributed by atoms with van der Waals surface area (Å²) in [4.78, 5) is 6.48. The maximum absolute atomic E-state index is 9.24. The molecule has 1 atom stereocenters. The van der Waals surface area contributed by atoms with E-state index in [2.05, 4.69) is 51.5 Å². The van der Waals surface area contributed by atoms with Gasteiger partial charge in [-0.25, -0.2) is 4.98 Å². The van der Waals surface area contributed by atoms with E-state index in [4.69, 9.17) is 0 Å². The minimum Gasteiger partial charge on any atom is -0.346 e. The average Bonchev–Trinajstić information content (AvgIpc) is 2.92. The largest absolute Gasteiger partial charge is 0.346 e. The first-order valence-corrected chi connectivity index (χ1v) is 7.15. The van der Waals surface area contributed by atoms with Gasteiger partial charge in [-0.3, -0.25) is 0 Å². The minimum atomic E-state index is 0.259. The molecule has 6 nitrogen and oxygen atoms in total. The first kappa shape index (κ1) is 13.6. The lowest BCUT2D eigenvalue weighted by atomic mass is 10.1. The Morgan fingerprint density at radius 3 is 2.90 bits per heavy atom. The lowest BCUT2D eigenvalue weighted by molar-refractivity contribution is 0.441. The first-order valence-electron chi connectivity index (χ1n) is 7.15. The number of pyridine rings is 1. The molecule has 0 aromatic carbocycles. The Morgan fingerprint density at radius 2 is 2.19 bits per heavy atom. The molecule has 6 heteroatoms. The zero-order valence-electron chi connectivity index (χ0n) is 12.5. The summed E-state index contributed by atoms with van der Waals surface area (Å²) in [5.74, 6) is 3.04. The topological polar surface area (TPSA) is 70.6 Å². The van der Waals surface area contributed by atoms with Gasteiger partial charge >= 0.3 is 0 Å². The standard InChI is InChI=1S/C15H18N6/c1-10(2)14-19-18-13-9-20(8-11(3)21(13)14)15-12(7-16)5-4-6-17-15/h4-6,10-11H,8-9H2,1-3H3/t11-/m0/s1. The molecule has 0 aliphatic carbocycles. The molecule has 0 radical (unpaired) electrons. The zero-order valence-corrected chi connectivity index (χ0v) is 12.5. The Kier molecular flexibility index (Phi) is 3.34. The van der Waals surface area contributed by atoms with Crippen molar-refractivity contribution in [3.05, 3.63) is 35.5 Å². The van der Waals surface area contributed by atoms with Crippen molar-refractivity contribution in [3.8, 4) is 6.07 Å². The molecule has 0 bridgehead atoms. The van der Waals surface area contributed by atoms with Crippen molar-refractivity contribution in [3.63, 3.8) is 0 Å². The maximum Gasteiger partial charge on any atom is 0.152 e. The van der Waals surface area contributed by atoms with Gasteiger partial charge in [0, 0.05) is 18.7 Å². The molecular weight excluding hydrogens is 264 g/mol. The molecule has 1 aliphatic rings. The van der Waals surface area contributed by atoms with E-state index in [1.54, 1.807) is 18.3 Å². The van der Waals surface area contributed by atoms with Gasteiger partial charge in [-0.1, -0.05) is 13.8 Å². The normalized spacial score (nSPS) is 17.7. The highest BCUT2D eigenvalue weighted by molar-refractivity contribution is 5.53. The predicted octanol–water partition coefficient (Wildman–Crippen LogP) is 2.25. The van der Waals surface area contributed by atoms with Gasteiger partial charge < -0.3 is 9.47 Å². The molecule has 108 valence electrons. The third-order valence-corrected chi connectivity index (χ3v) is 3.77. The fourth-order valence-corrected chi connectivity index (χ4v) is 2.85. The highest BCUT2D eigenvalue weighted by Gasteiger charge is 2.28. The quantitative estimate of drug-likeness (QED) is 0.845. The smallest absolute Gasteiger partial charge is 0.152 e. The minimum absolute atomic E-state index is 0.259. The fraction of sp³-hybridized carbons (Fsp3) is 0.467. The van der Waals surface area contributed by atoms with E-state index in [1.165, 1.54) is 0 Å². The van der Waals surface area contributed by atoms with Crippen LogP contribution in [0.2, 0.25) is 0 Å². The second kappa shape index (κ2) is 5.17. The van der Waals surface area contributed by atoms with E-state index in [1.807, 2.05) is 0 Å². The molecule has 2 aromatic rings. The Bertz CT molecular complexity index is 696. The van der Waals surface area contributed by atoms with Crippen LogP contribution >= 0.6 is 0 Å². The number of fused-ring (bicyclic) bond motifs is 1. The molecule has 0 saturated carbocycles. The van der Waals surface area contributed by atoms with Crippen molar-refractivity contribution in [2.75, 3.05) is 11.4 Å². The van der Waals surface area contributed by atoms with Crippen LogP contribution in [0.5, 0.6) is 0 Å². The Morgan fingerprint density at radius 1 is 1.38 bits per heavy atom. The van der Waals surface area contributed by atoms with Crippen LogP contribution in [0.3, 0.4) is 0 Å². The summed E-state index contributed by atoms with van der Waals surface area (Å²) in [6, 6.07) is 6.05. The van der Waals surface area contributed by atoms with Crippen molar-refractivity contribution >= 4 is 5.82 Å². The van der Waals surface area contributed by atoms with E-state index < -0.39 is 0 Å². The summed E-state index contributed by atoms with van der Waals surface area (Å²) in [7, 11) is 0. The molecule has 0 saturated heterocycles. The van der Waals surface area contributed by atoms with Gasteiger partial charge in [-0.15, -0.1) is 10.2 Å². The molecule has 1 aliphatic heterocycles. The molecular formula is C15H18N6. The molecule has 0 spiro atoms. The van der Waals surface area contributed by atoms with Crippen molar-refractivity contribution in [2.24, 2.45) is 0 Å². The van der Waals surface area contributed by atoms with E-state index in [-0.39, 0.29) is 6.04 Å². The summed E-state index contributed by atoms with van der Waals surface area (Å²) in [6.07, 6.45) is 1.72. The van der Waals surface area contributed by atoms with Crippen molar-refractivity contribution < 1.29 is 0 Å². The Hall–Kier alpha value is -2.42. The number of anilines is 1. The van der Waals surface area contributed by atoms with Gasteiger partial charge in [0.15, 0.2) is 5.82 Å². The molecule has 3 heterocycles. The molecule has 0 N–H and O–H groups in total. The van der Waals surface area contributed by atoms with Gasteiger partial charge in [0.05, 0.1) is 18.2 Å². The maximum atomic E-state index is 9.24. The van der Waals surface area contributed by atoms with Gasteiger partial charge in [-0.2, -0.15) is 5.26 Å². The monoisotopic (exact) mass is 282 g/mol. The molecule has 0 fully saturated rings. The average molecular weight is 282 g/mol. The van der Waals surface area contributed by atoms with Gasteiger partial charge in [0.1, 0.15) is 17.7 Å². The fourth-order valence-electron chi connectivity index (χ4n) is 2.85. The van der Waals surface area contributed by atoms with Crippen molar-refractivity contribution in [1.29, 1.82) is 5.26 Å². The van der Waals surface area contributed by atoms with Crippen LogP contribution in [-0.4, -0.2) is 26.3 Å². The lowest BCUT2D eigenvalue weighted by Gasteiger charge is -2.34. The number of hydrogen-bond donors (Lipinski definition) is 0. The Labute approximate surface area is 124 Å². The first-order chi connectivity index (χ1) is 10.1. The third kappa shape index (κ3) is 2.25. The van der Waals surface area contributed by atoms with E-state index in [0.717, 1.165) is 24.0 Å². The van der Waals surface area contributed by atoms with Crippen LogP contribution in [0, 0.1) is 11.3 Å². The van der Waals surface area contributed by atoms with Gasteiger partial charge in [0.2, 0.25) is 0 Å². The SMILES string of the molecule is CC(C)c1nnc2n1[C@@H](C)CN(c1ncccc1C#N)C2. The highest BCUT2D eigenvalue weighted by Crippen LogP contribution is 2.28. The summed E-state index contributed by atoms with van der Waals surface area (Å²) < 4.78 is 2.22. The number of nitriles is 1. The lowest BCUT2D eigenvalue weighted by Crippen LogP contribution is -2.38. The van der Waals surface area contributed by atoms with Crippen LogP contribution in [0.15, 0.2) is 18.3 Å². The van der Waals surface area contributed by atoms with Crippen LogP contribution in [0.1, 0.15) is 49.9 Å². The zero-order chi connectivity index (χ0) is 15.0. The van der Waals surface area contributed by atoms with Crippen molar-refractivity contribution in [2.45, 2.75) is 39.3 Å². The van der Waals surface area contributed by atoms with Crippen LogP contribution < -0.4 is 4.90 Å². The van der Waals surface area contributed by atoms with Crippen LogP contribution in [-0.2, 0) is 6.54 Å². The van der Waals surface area contributed by atoms with E-state index >= 15 is 0 Å². The molecule has 21 heavy (non-hydrogen) atoms. The van der Waals surface area contributed by atoms with Crippen LogP contribution in [0.4, 0.5) is 5.82 Å². The third-order valence-electron chi connectivity index (χ3n) is 3.77. The Balaban J connectivity index is 1.98. The van der Waals surface area contributed by atoms with Crippen LogP contribution in [0.25, 0.3) is 0 Å². The number of nitrogens with zero attached hydrogens (tertiary/aromatic N) is 6. The highest BCUT2D eigenvalue weighted by atomic mass is 15.4. The number of rotatable bonds is 2. The summed E-state index contributed by atoms with van der Waals surface area (Å²) in [5, 5.41) is 17.9. The molecule has 0 unspecified atom stereocenters. The summed E-state index contributed by atoms with van der Waals surface area (Å²) in [5.41, 5.74) is 0.599. The number of hydrogen-bond acceptors (Lipinski definition) is 5. The van der Waals surface area contributed by atoms with E-state index in [9.17, 15) is 5.26 Å².